The van der Waals surface area contributed by atoms with Crippen molar-refractivity contribution < 1.29 is 14.3 Å². The van der Waals surface area contributed by atoms with Gasteiger partial charge >= 0.3 is 5.97 Å². The number of esters is 1. The molecule has 4 heteroatoms. The number of benzene rings is 1. The molecule has 0 spiro atoms. The Morgan fingerprint density at radius 3 is 2.67 bits per heavy atom. The quantitative estimate of drug-likeness (QED) is 0.756. The number of carbonyl (C=O) groups excluding carboxylic acids is 2. The van der Waals surface area contributed by atoms with Crippen LogP contribution >= 0.6 is 0 Å². The topological polar surface area (TPSA) is 46.6 Å². The van der Waals surface area contributed by atoms with Gasteiger partial charge in [-0.2, -0.15) is 0 Å². The summed E-state index contributed by atoms with van der Waals surface area (Å²) in [5.41, 5.74) is 1.09. The third-order valence-electron chi connectivity index (χ3n) is 4.12. The van der Waals surface area contributed by atoms with Crippen LogP contribution in [-0.2, 0) is 20.9 Å². The third-order valence-corrected chi connectivity index (χ3v) is 4.12. The molecule has 1 saturated heterocycles. The Kier molecular flexibility index (Phi) is 5.37. The van der Waals surface area contributed by atoms with Crippen LogP contribution in [0.25, 0.3) is 0 Å². The van der Waals surface area contributed by atoms with Crippen LogP contribution in [0, 0.1) is 11.8 Å². The molecule has 1 aliphatic heterocycles. The summed E-state index contributed by atoms with van der Waals surface area (Å²) in [4.78, 5) is 26.3. The molecule has 2 rings (SSSR count). The van der Waals surface area contributed by atoms with Gasteiger partial charge < -0.3 is 9.64 Å². The molecule has 0 saturated carbocycles. The van der Waals surface area contributed by atoms with Crippen molar-refractivity contribution in [3.8, 4) is 0 Å². The fraction of sp³-hybridized carbons (Fsp3) is 0.529. The van der Waals surface area contributed by atoms with Gasteiger partial charge in [0, 0.05) is 13.1 Å². The zero-order chi connectivity index (χ0) is 15.2. The van der Waals surface area contributed by atoms with Crippen molar-refractivity contribution in [2.24, 2.45) is 11.8 Å². The highest BCUT2D eigenvalue weighted by Gasteiger charge is 2.44. The minimum absolute atomic E-state index is 0.0858. The Bertz CT molecular complexity index is 486. The second-order valence-corrected chi connectivity index (χ2v) is 5.58. The molecule has 0 bridgehead atoms. The minimum atomic E-state index is -0.322. The molecule has 4 nitrogen and oxygen atoms in total. The molecule has 1 aliphatic rings. The van der Waals surface area contributed by atoms with Crippen LogP contribution in [0.15, 0.2) is 30.3 Å². The second kappa shape index (κ2) is 7.25. The molecule has 1 amide bonds. The lowest BCUT2D eigenvalue weighted by molar-refractivity contribution is -0.147. The van der Waals surface area contributed by atoms with E-state index in [0.717, 1.165) is 24.8 Å². The molecule has 1 fully saturated rings. The van der Waals surface area contributed by atoms with Crippen molar-refractivity contribution in [3.63, 3.8) is 0 Å². The molecule has 0 aliphatic carbocycles. The smallest absolute Gasteiger partial charge is 0.311 e. The van der Waals surface area contributed by atoms with E-state index in [0.29, 0.717) is 13.1 Å². The molecule has 2 atom stereocenters. The van der Waals surface area contributed by atoms with Gasteiger partial charge in [0.2, 0.25) is 5.91 Å². The number of nitrogens with zero attached hydrogens (tertiary/aromatic N) is 1. The highest BCUT2D eigenvalue weighted by atomic mass is 16.5. The molecule has 114 valence electrons. The SMILES string of the molecule is CCCC[C@@H]1C(=O)N(Cc2ccccc2)C[C@H]1C(=O)OC. The molecule has 1 aromatic carbocycles. The van der Waals surface area contributed by atoms with Crippen LogP contribution < -0.4 is 0 Å². The first-order valence-electron chi connectivity index (χ1n) is 7.58. The zero-order valence-electron chi connectivity index (χ0n) is 12.7. The average Bonchev–Trinajstić information content (AvgIpc) is 2.82. The second-order valence-electron chi connectivity index (χ2n) is 5.58. The van der Waals surface area contributed by atoms with E-state index in [1.54, 1.807) is 4.90 Å². The predicted molar refractivity (Wildman–Crippen MR) is 80.4 cm³/mol. The van der Waals surface area contributed by atoms with Crippen molar-refractivity contribution in [1.82, 2.24) is 4.90 Å². The Hall–Kier alpha value is -1.84. The van der Waals surface area contributed by atoms with Crippen molar-refractivity contribution in [3.05, 3.63) is 35.9 Å². The van der Waals surface area contributed by atoms with Gasteiger partial charge in [-0.3, -0.25) is 9.59 Å². The van der Waals surface area contributed by atoms with E-state index in [4.69, 9.17) is 4.74 Å². The standard InChI is InChI=1S/C17H23NO3/c1-3-4-10-14-15(17(20)21-2)12-18(16(14)19)11-13-8-6-5-7-9-13/h5-9,14-15H,3-4,10-12H2,1-2H3/t14-,15+/m0/s1. The van der Waals surface area contributed by atoms with E-state index < -0.39 is 0 Å². The molecule has 21 heavy (non-hydrogen) atoms. The van der Waals surface area contributed by atoms with Gasteiger partial charge in [-0.15, -0.1) is 0 Å². The van der Waals surface area contributed by atoms with Gasteiger partial charge in [0.05, 0.1) is 18.9 Å². The lowest BCUT2D eigenvalue weighted by Gasteiger charge is -2.16. The lowest BCUT2D eigenvalue weighted by atomic mass is 9.90. The lowest BCUT2D eigenvalue weighted by Crippen LogP contribution is -2.26. The summed E-state index contributed by atoms with van der Waals surface area (Å²) >= 11 is 0. The maximum atomic E-state index is 12.6. The number of methoxy groups -OCH3 is 1. The summed E-state index contributed by atoms with van der Waals surface area (Å²) in [6.07, 6.45) is 2.75. The number of hydrogen-bond acceptors (Lipinski definition) is 3. The zero-order valence-corrected chi connectivity index (χ0v) is 12.7. The monoisotopic (exact) mass is 289 g/mol. The van der Waals surface area contributed by atoms with Crippen molar-refractivity contribution in [2.75, 3.05) is 13.7 Å². The van der Waals surface area contributed by atoms with E-state index in [1.807, 2.05) is 30.3 Å². The molecule has 1 aromatic rings. The van der Waals surface area contributed by atoms with Gasteiger partial charge in [0.25, 0.3) is 0 Å². The minimum Gasteiger partial charge on any atom is -0.469 e. The first kappa shape index (κ1) is 15.5. The van der Waals surface area contributed by atoms with Gasteiger partial charge in [-0.1, -0.05) is 50.1 Å². The number of amides is 1. The van der Waals surface area contributed by atoms with E-state index in [-0.39, 0.29) is 23.7 Å². The number of ether oxygens (including phenoxy) is 1. The van der Waals surface area contributed by atoms with Crippen LogP contribution in [0.3, 0.4) is 0 Å². The van der Waals surface area contributed by atoms with Gasteiger partial charge in [-0.25, -0.2) is 0 Å². The van der Waals surface area contributed by atoms with E-state index in [9.17, 15) is 9.59 Å². The molecule has 1 heterocycles. The number of hydrogen-bond donors (Lipinski definition) is 0. The first-order chi connectivity index (χ1) is 10.2. The summed E-state index contributed by atoms with van der Waals surface area (Å²) in [5.74, 6) is -0.721. The van der Waals surface area contributed by atoms with Crippen LogP contribution in [-0.4, -0.2) is 30.4 Å². The highest BCUT2D eigenvalue weighted by molar-refractivity contribution is 5.89. The largest absolute Gasteiger partial charge is 0.469 e. The third kappa shape index (κ3) is 3.63. The van der Waals surface area contributed by atoms with Crippen LogP contribution in [0.2, 0.25) is 0 Å². The Labute approximate surface area is 126 Å². The summed E-state index contributed by atoms with van der Waals surface area (Å²) in [7, 11) is 1.39. The van der Waals surface area contributed by atoms with Crippen molar-refractivity contribution in [2.45, 2.75) is 32.7 Å². The van der Waals surface area contributed by atoms with Crippen molar-refractivity contribution >= 4 is 11.9 Å². The molecule has 0 N–H and O–H groups in total. The average molecular weight is 289 g/mol. The van der Waals surface area contributed by atoms with Crippen LogP contribution in [0.1, 0.15) is 31.7 Å². The normalized spacial score (nSPS) is 21.6. The maximum Gasteiger partial charge on any atom is 0.311 e. The molecule has 0 unspecified atom stereocenters. The summed E-state index contributed by atoms with van der Waals surface area (Å²) < 4.78 is 4.87. The molecular formula is C17H23NO3. The van der Waals surface area contributed by atoms with E-state index >= 15 is 0 Å². The number of likely N-dealkylation sites (tertiary alicyclic amines) is 1. The Balaban J connectivity index is 2.10. The first-order valence-corrected chi connectivity index (χ1v) is 7.58. The summed E-state index contributed by atoms with van der Waals surface area (Å²) in [6, 6.07) is 9.88. The number of unbranched alkanes of at least 4 members (excludes halogenated alkanes) is 1. The predicted octanol–water partition coefficient (Wildman–Crippen LogP) is 2.62. The number of rotatable bonds is 6. The maximum absolute atomic E-state index is 12.6. The Morgan fingerprint density at radius 2 is 2.05 bits per heavy atom. The fourth-order valence-corrected chi connectivity index (χ4v) is 2.95. The molecule has 0 aromatic heterocycles. The van der Waals surface area contributed by atoms with Gasteiger partial charge in [-0.05, 0) is 12.0 Å². The fourth-order valence-electron chi connectivity index (χ4n) is 2.95. The van der Waals surface area contributed by atoms with E-state index in [2.05, 4.69) is 6.92 Å². The van der Waals surface area contributed by atoms with Crippen LogP contribution in [0.4, 0.5) is 0 Å². The highest BCUT2D eigenvalue weighted by Crippen LogP contribution is 2.31. The van der Waals surface area contributed by atoms with Gasteiger partial charge in [0.15, 0.2) is 0 Å². The summed E-state index contributed by atoms with van der Waals surface area (Å²) in [6.45, 7) is 3.12. The van der Waals surface area contributed by atoms with Gasteiger partial charge in [0.1, 0.15) is 0 Å². The molecule has 0 radical (unpaired) electrons. The summed E-state index contributed by atoms with van der Waals surface area (Å²) in [5, 5.41) is 0. The van der Waals surface area contributed by atoms with E-state index in [1.165, 1.54) is 7.11 Å². The Morgan fingerprint density at radius 1 is 1.33 bits per heavy atom. The number of carbonyl (C=O) groups is 2. The van der Waals surface area contributed by atoms with Crippen molar-refractivity contribution in [1.29, 1.82) is 0 Å². The molecular weight excluding hydrogens is 266 g/mol. The van der Waals surface area contributed by atoms with Crippen LogP contribution in [0.5, 0.6) is 0 Å².